The number of likely N-dealkylation sites (tertiary alicyclic amines) is 1. The molecule has 0 spiro atoms. The Kier molecular flexibility index (Phi) is 4.18. The topological polar surface area (TPSA) is 84.5 Å². The van der Waals surface area contributed by atoms with Gasteiger partial charge in [0, 0.05) is 6.54 Å². The van der Waals surface area contributed by atoms with E-state index in [0.717, 1.165) is 16.9 Å². The number of benzene rings is 1. The summed E-state index contributed by atoms with van der Waals surface area (Å²) in [4.78, 5) is 33.9. The molecule has 1 aromatic heterocycles. The second-order valence-corrected chi connectivity index (χ2v) is 7.21. The van der Waals surface area contributed by atoms with Crippen LogP contribution in [0.5, 0.6) is 5.75 Å². The lowest BCUT2D eigenvalue weighted by atomic mass is 9.96. The van der Waals surface area contributed by atoms with Gasteiger partial charge in [-0.15, -0.1) is 0 Å². The maximum Gasteiger partial charge on any atom is 0.417 e. The van der Waals surface area contributed by atoms with Crippen molar-refractivity contribution in [2.24, 2.45) is 0 Å². The number of imide groups is 1. The van der Waals surface area contributed by atoms with Gasteiger partial charge in [0.2, 0.25) is 5.91 Å². The Bertz CT molecular complexity index is 835. The highest BCUT2D eigenvalue weighted by molar-refractivity contribution is 6.00. The lowest BCUT2D eigenvalue weighted by Gasteiger charge is -2.23. The number of rotatable bonds is 2. The zero-order valence-electron chi connectivity index (χ0n) is 15.2. The SMILES string of the molecule is COc1ccc(C2CCN(C(=O)OC(C)(C)C)C2=O)c2nc(C)[nH]c12. The molecule has 2 heterocycles. The number of aromatic amines is 1. The first-order valence-corrected chi connectivity index (χ1v) is 8.29. The summed E-state index contributed by atoms with van der Waals surface area (Å²) in [5, 5.41) is 0. The third-order valence-electron chi connectivity index (χ3n) is 4.17. The smallest absolute Gasteiger partial charge is 0.417 e. The highest BCUT2D eigenvalue weighted by Crippen LogP contribution is 2.36. The van der Waals surface area contributed by atoms with Gasteiger partial charge in [-0.05, 0) is 45.7 Å². The molecule has 0 aliphatic carbocycles. The lowest BCUT2D eigenvalue weighted by molar-refractivity contribution is -0.128. The third-order valence-corrected chi connectivity index (χ3v) is 4.17. The van der Waals surface area contributed by atoms with Gasteiger partial charge >= 0.3 is 6.09 Å². The highest BCUT2D eigenvalue weighted by Gasteiger charge is 2.39. The molecule has 1 atom stereocenters. The normalized spacial score (nSPS) is 18.0. The van der Waals surface area contributed by atoms with Crippen LogP contribution in [0.25, 0.3) is 11.0 Å². The number of methoxy groups -OCH3 is 1. The summed E-state index contributed by atoms with van der Waals surface area (Å²) in [6.45, 7) is 7.54. The number of aromatic nitrogens is 2. The standard InChI is InChI=1S/C18H23N3O4/c1-10-19-14-11(6-7-13(24-5)15(14)20-10)12-8-9-21(16(12)22)17(23)25-18(2,3)4/h6-7,12H,8-9H2,1-5H3,(H,19,20). The largest absolute Gasteiger partial charge is 0.494 e. The van der Waals surface area contributed by atoms with Crippen molar-refractivity contribution in [1.29, 1.82) is 0 Å². The number of nitrogens with one attached hydrogen (secondary N) is 1. The maximum atomic E-state index is 12.8. The van der Waals surface area contributed by atoms with Crippen molar-refractivity contribution < 1.29 is 19.1 Å². The van der Waals surface area contributed by atoms with E-state index in [-0.39, 0.29) is 5.91 Å². The van der Waals surface area contributed by atoms with Crippen molar-refractivity contribution in [3.8, 4) is 5.75 Å². The number of fused-ring (bicyclic) bond motifs is 1. The first-order valence-electron chi connectivity index (χ1n) is 8.29. The summed E-state index contributed by atoms with van der Waals surface area (Å²) in [6.07, 6.45) is -0.0474. The minimum atomic E-state index is -0.637. The summed E-state index contributed by atoms with van der Waals surface area (Å²) in [5.41, 5.74) is 1.64. The lowest BCUT2D eigenvalue weighted by Crippen LogP contribution is -2.38. The molecule has 25 heavy (non-hydrogen) atoms. The van der Waals surface area contributed by atoms with Crippen LogP contribution in [0.15, 0.2) is 12.1 Å². The average Bonchev–Trinajstić information content (AvgIpc) is 3.07. The van der Waals surface area contributed by atoms with E-state index in [0.29, 0.717) is 24.2 Å². The zero-order chi connectivity index (χ0) is 18.4. The van der Waals surface area contributed by atoms with Gasteiger partial charge in [0.15, 0.2) is 0 Å². The zero-order valence-corrected chi connectivity index (χ0v) is 15.2. The molecule has 1 N–H and O–H groups in total. The van der Waals surface area contributed by atoms with Gasteiger partial charge in [-0.1, -0.05) is 6.07 Å². The molecule has 3 rings (SSSR count). The van der Waals surface area contributed by atoms with Gasteiger partial charge < -0.3 is 14.5 Å². The molecule has 2 amide bonds. The first kappa shape index (κ1) is 17.3. The summed E-state index contributed by atoms with van der Waals surface area (Å²) < 4.78 is 10.7. The molecule has 1 fully saturated rings. The van der Waals surface area contributed by atoms with E-state index < -0.39 is 17.6 Å². The summed E-state index contributed by atoms with van der Waals surface area (Å²) in [7, 11) is 1.59. The molecule has 1 unspecified atom stereocenters. The Hall–Kier alpha value is -2.57. The maximum absolute atomic E-state index is 12.8. The van der Waals surface area contributed by atoms with E-state index in [9.17, 15) is 9.59 Å². The van der Waals surface area contributed by atoms with Gasteiger partial charge in [-0.2, -0.15) is 0 Å². The number of H-pyrrole nitrogens is 1. The molecule has 7 nitrogen and oxygen atoms in total. The van der Waals surface area contributed by atoms with Crippen molar-refractivity contribution in [2.75, 3.05) is 13.7 Å². The molecular formula is C18H23N3O4. The minimum absolute atomic E-state index is 0.249. The molecule has 1 aliphatic heterocycles. The molecule has 0 saturated carbocycles. The number of nitrogens with zero attached hydrogens (tertiary/aromatic N) is 2. The van der Waals surface area contributed by atoms with Crippen LogP contribution in [-0.4, -0.2) is 46.1 Å². The number of carbonyl (C=O) groups is 2. The van der Waals surface area contributed by atoms with Crippen LogP contribution < -0.4 is 4.74 Å². The van der Waals surface area contributed by atoms with Gasteiger partial charge in [-0.25, -0.2) is 14.7 Å². The van der Waals surface area contributed by atoms with Crippen LogP contribution in [0.3, 0.4) is 0 Å². The minimum Gasteiger partial charge on any atom is -0.494 e. The van der Waals surface area contributed by atoms with Crippen molar-refractivity contribution in [2.45, 2.75) is 45.6 Å². The third kappa shape index (κ3) is 3.18. The fourth-order valence-corrected chi connectivity index (χ4v) is 3.12. The van der Waals surface area contributed by atoms with Gasteiger partial charge in [0.05, 0.1) is 18.5 Å². The van der Waals surface area contributed by atoms with E-state index in [4.69, 9.17) is 9.47 Å². The molecular weight excluding hydrogens is 322 g/mol. The Morgan fingerprint density at radius 2 is 2.08 bits per heavy atom. The fourth-order valence-electron chi connectivity index (χ4n) is 3.12. The van der Waals surface area contributed by atoms with Crippen LogP contribution >= 0.6 is 0 Å². The first-order chi connectivity index (χ1) is 11.7. The van der Waals surface area contributed by atoms with Crippen LogP contribution in [0, 0.1) is 6.92 Å². The molecule has 1 saturated heterocycles. The van der Waals surface area contributed by atoms with Crippen LogP contribution in [0.2, 0.25) is 0 Å². The molecule has 134 valence electrons. The Balaban J connectivity index is 1.92. The number of imidazole rings is 1. The average molecular weight is 345 g/mol. The molecule has 7 heteroatoms. The summed E-state index contributed by atoms with van der Waals surface area (Å²) in [6, 6.07) is 3.67. The number of hydrogen-bond acceptors (Lipinski definition) is 5. The molecule has 1 aromatic carbocycles. The number of hydrogen-bond donors (Lipinski definition) is 1. The Labute approximate surface area is 146 Å². The van der Waals surface area contributed by atoms with Crippen molar-refractivity contribution in [1.82, 2.24) is 14.9 Å². The number of ether oxygens (including phenoxy) is 2. The van der Waals surface area contributed by atoms with E-state index in [2.05, 4.69) is 9.97 Å². The van der Waals surface area contributed by atoms with E-state index in [1.807, 2.05) is 19.1 Å². The van der Waals surface area contributed by atoms with Crippen molar-refractivity contribution in [3.05, 3.63) is 23.5 Å². The molecule has 0 bridgehead atoms. The van der Waals surface area contributed by atoms with E-state index in [1.54, 1.807) is 27.9 Å². The predicted octanol–water partition coefficient (Wildman–Crippen LogP) is 3.13. The number of carbonyl (C=O) groups excluding carboxylic acids is 2. The fraction of sp³-hybridized carbons (Fsp3) is 0.500. The predicted molar refractivity (Wildman–Crippen MR) is 92.7 cm³/mol. The number of amides is 2. The Morgan fingerprint density at radius 3 is 2.72 bits per heavy atom. The number of aryl methyl sites for hydroxylation is 1. The monoisotopic (exact) mass is 345 g/mol. The van der Waals surface area contributed by atoms with Gasteiger partial charge in [0.1, 0.15) is 22.7 Å². The summed E-state index contributed by atoms with van der Waals surface area (Å²) in [5.74, 6) is 0.758. The summed E-state index contributed by atoms with van der Waals surface area (Å²) >= 11 is 0. The second-order valence-electron chi connectivity index (χ2n) is 7.21. The van der Waals surface area contributed by atoms with Gasteiger partial charge in [0.25, 0.3) is 0 Å². The highest BCUT2D eigenvalue weighted by atomic mass is 16.6. The quantitative estimate of drug-likeness (QED) is 0.904. The van der Waals surface area contributed by atoms with Crippen molar-refractivity contribution >= 4 is 23.0 Å². The molecule has 0 radical (unpaired) electrons. The Morgan fingerprint density at radius 1 is 1.36 bits per heavy atom. The van der Waals surface area contributed by atoms with E-state index >= 15 is 0 Å². The van der Waals surface area contributed by atoms with Crippen LogP contribution in [0.1, 0.15) is 44.5 Å². The second kappa shape index (κ2) is 6.06. The van der Waals surface area contributed by atoms with Gasteiger partial charge in [-0.3, -0.25) is 4.79 Å². The van der Waals surface area contributed by atoms with Crippen LogP contribution in [-0.2, 0) is 9.53 Å². The van der Waals surface area contributed by atoms with Crippen molar-refractivity contribution in [3.63, 3.8) is 0 Å². The van der Waals surface area contributed by atoms with Crippen LogP contribution in [0.4, 0.5) is 4.79 Å². The molecule has 1 aliphatic rings. The van der Waals surface area contributed by atoms with E-state index in [1.165, 1.54) is 4.90 Å². The molecule has 2 aromatic rings.